The van der Waals surface area contributed by atoms with E-state index in [2.05, 4.69) is 15.4 Å². The molecular weight excluding hydrogens is 216 g/mol. The summed E-state index contributed by atoms with van der Waals surface area (Å²) in [5.74, 6) is -0.297. The van der Waals surface area contributed by atoms with E-state index < -0.39 is 0 Å². The molecule has 92 valence electrons. The van der Waals surface area contributed by atoms with Gasteiger partial charge >= 0.3 is 5.97 Å². The van der Waals surface area contributed by atoms with Crippen molar-refractivity contribution in [3.05, 3.63) is 29.8 Å². The van der Waals surface area contributed by atoms with Gasteiger partial charge in [-0.05, 0) is 43.7 Å². The second kappa shape index (κ2) is 5.68. The molecule has 17 heavy (non-hydrogen) atoms. The Kier molecular flexibility index (Phi) is 3.98. The number of anilines is 1. The first-order valence-electron chi connectivity index (χ1n) is 5.95. The van der Waals surface area contributed by atoms with Crippen LogP contribution in [0.1, 0.15) is 23.2 Å². The number of methoxy groups -OCH3 is 1. The van der Waals surface area contributed by atoms with Crippen LogP contribution in [0.2, 0.25) is 0 Å². The summed E-state index contributed by atoms with van der Waals surface area (Å²) in [6, 6.07) is 7.92. The zero-order chi connectivity index (χ0) is 12.1. The Morgan fingerprint density at radius 3 is 2.82 bits per heavy atom. The lowest BCUT2D eigenvalue weighted by atomic mass is 10.2. The lowest BCUT2D eigenvalue weighted by Crippen LogP contribution is -2.29. The zero-order valence-corrected chi connectivity index (χ0v) is 10.0. The van der Waals surface area contributed by atoms with Gasteiger partial charge in [0.1, 0.15) is 0 Å². The van der Waals surface area contributed by atoms with Crippen LogP contribution in [0, 0.1) is 0 Å². The molecule has 0 unspecified atom stereocenters. The minimum atomic E-state index is -0.297. The first-order valence-corrected chi connectivity index (χ1v) is 5.95. The van der Waals surface area contributed by atoms with Crippen molar-refractivity contribution in [1.82, 2.24) is 5.32 Å². The van der Waals surface area contributed by atoms with E-state index in [1.54, 1.807) is 12.1 Å². The molecule has 4 heteroatoms. The van der Waals surface area contributed by atoms with E-state index in [1.165, 1.54) is 20.0 Å². The molecule has 0 aromatic heterocycles. The Labute approximate surface area is 101 Å². The van der Waals surface area contributed by atoms with Gasteiger partial charge < -0.3 is 15.4 Å². The fourth-order valence-electron chi connectivity index (χ4n) is 2.01. The lowest BCUT2D eigenvalue weighted by molar-refractivity contribution is 0.0601. The molecule has 2 rings (SSSR count). The monoisotopic (exact) mass is 234 g/mol. The van der Waals surface area contributed by atoms with Crippen LogP contribution in [-0.4, -0.2) is 32.2 Å². The fourth-order valence-corrected chi connectivity index (χ4v) is 2.01. The van der Waals surface area contributed by atoms with Crippen molar-refractivity contribution in [2.75, 3.05) is 25.5 Å². The van der Waals surface area contributed by atoms with Crippen molar-refractivity contribution < 1.29 is 9.53 Å². The minimum Gasteiger partial charge on any atom is -0.465 e. The summed E-state index contributed by atoms with van der Waals surface area (Å²) in [6.07, 6.45) is 2.49. The van der Waals surface area contributed by atoms with Crippen LogP contribution in [0.4, 0.5) is 5.69 Å². The number of ether oxygens (including phenoxy) is 1. The van der Waals surface area contributed by atoms with Gasteiger partial charge in [0, 0.05) is 18.3 Å². The second-order valence-corrected chi connectivity index (χ2v) is 4.24. The van der Waals surface area contributed by atoms with Crippen LogP contribution in [-0.2, 0) is 4.74 Å². The highest BCUT2D eigenvalue weighted by Crippen LogP contribution is 2.12. The number of carbonyl (C=O) groups is 1. The predicted molar refractivity (Wildman–Crippen MR) is 67.3 cm³/mol. The molecule has 1 aliphatic heterocycles. The molecule has 0 amide bonds. The van der Waals surface area contributed by atoms with Crippen LogP contribution >= 0.6 is 0 Å². The molecule has 0 aliphatic carbocycles. The fraction of sp³-hybridized carbons (Fsp3) is 0.462. The van der Waals surface area contributed by atoms with Crippen molar-refractivity contribution in [1.29, 1.82) is 0 Å². The minimum absolute atomic E-state index is 0.297. The summed E-state index contributed by atoms with van der Waals surface area (Å²) in [6.45, 7) is 2.05. The van der Waals surface area contributed by atoms with Gasteiger partial charge in [-0.15, -0.1) is 0 Å². The summed E-state index contributed by atoms with van der Waals surface area (Å²) in [4.78, 5) is 11.2. The number of esters is 1. The molecule has 1 saturated heterocycles. The van der Waals surface area contributed by atoms with E-state index in [4.69, 9.17) is 0 Å². The van der Waals surface area contributed by atoms with Gasteiger partial charge in [-0.25, -0.2) is 4.79 Å². The summed E-state index contributed by atoms with van der Waals surface area (Å²) >= 11 is 0. The van der Waals surface area contributed by atoms with E-state index in [0.29, 0.717) is 11.6 Å². The molecule has 4 nitrogen and oxygen atoms in total. The van der Waals surface area contributed by atoms with Crippen molar-refractivity contribution in [2.24, 2.45) is 0 Å². The number of benzene rings is 1. The number of nitrogens with one attached hydrogen (secondary N) is 2. The highest BCUT2D eigenvalue weighted by Gasteiger charge is 2.13. The lowest BCUT2D eigenvalue weighted by Gasteiger charge is -2.12. The molecule has 0 spiro atoms. The Morgan fingerprint density at radius 2 is 2.24 bits per heavy atom. The Hall–Kier alpha value is -1.55. The van der Waals surface area contributed by atoms with Crippen molar-refractivity contribution >= 4 is 11.7 Å². The Morgan fingerprint density at radius 1 is 1.47 bits per heavy atom. The van der Waals surface area contributed by atoms with E-state index in [9.17, 15) is 4.79 Å². The van der Waals surface area contributed by atoms with Gasteiger partial charge in [0.2, 0.25) is 0 Å². The summed E-state index contributed by atoms with van der Waals surface area (Å²) < 4.78 is 4.65. The van der Waals surface area contributed by atoms with Gasteiger partial charge in [-0.3, -0.25) is 0 Å². The summed E-state index contributed by atoms with van der Waals surface area (Å²) in [7, 11) is 1.39. The molecule has 0 bridgehead atoms. The first kappa shape index (κ1) is 11.9. The summed E-state index contributed by atoms with van der Waals surface area (Å²) in [5.41, 5.74) is 1.61. The molecule has 1 atom stereocenters. The van der Waals surface area contributed by atoms with Gasteiger partial charge in [0.15, 0.2) is 0 Å². The maximum absolute atomic E-state index is 11.2. The number of rotatable bonds is 4. The van der Waals surface area contributed by atoms with Crippen molar-refractivity contribution in [3.63, 3.8) is 0 Å². The molecule has 1 aromatic carbocycles. The molecule has 2 N–H and O–H groups in total. The average molecular weight is 234 g/mol. The molecule has 1 aliphatic rings. The smallest absolute Gasteiger partial charge is 0.337 e. The molecule has 1 fully saturated rings. The highest BCUT2D eigenvalue weighted by atomic mass is 16.5. The maximum atomic E-state index is 11.2. The molecule has 0 radical (unpaired) electrons. The third-order valence-electron chi connectivity index (χ3n) is 3.02. The SMILES string of the molecule is COC(=O)c1ccc(NC[C@@H]2CCCN2)cc1. The van der Waals surface area contributed by atoms with Crippen LogP contribution < -0.4 is 10.6 Å². The molecule has 1 heterocycles. The average Bonchev–Trinajstić information content (AvgIpc) is 2.89. The molecule has 1 aromatic rings. The van der Waals surface area contributed by atoms with Crippen molar-refractivity contribution in [3.8, 4) is 0 Å². The Bertz CT molecular complexity index is 370. The van der Waals surface area contributed by atoms with E-state index >= 15 is 0 Å². The highest BCUT2D eigenvalue weighted by molar-refractivity contribution is 5.89. The van der Waals surface area contributed by atoms with Crippen LogP contribution in [0.5, 0.6) is 0 Å². The topological polar surface area (TPSA) is 50.4 Å². The summed E-state index contributed by atoms with van der Waals surface area (Å²) in [5, 5.41) is 6.79. The third-order valence-corrected chi connectivity index (χ3v) is 3.02. The van der Waals surface area contributed by atoms with Crippen LogP contribution in [0.15, 0.2) is 24.3 Å². The van der Waals surface area contributed by atoms with Gasteiger partial charge in [-0.1, -0.05) is 0 Å². The Balaban J connectivity index is 1.87. The maximum Gasteiger partial charge on any atom is 0.337 e. The van der Waals surface area contributed by atoms with Crippen LogP contribution in [0.3, 0.4) is 0 Å². The quantitative estimate of drug-likeness (QED) is 0.778. The van der Waals surface area contributed by atoms with Gasteiger partial charge in [0.05, 0.1) is 12.7 Å². The zero-order valence-electron chi connectivity index (χ0n) is 10.0. The number of hydrogen-bond acceptors (Lipinski definition) is 4. The van der Waals surface area contributed by atoms with E-state index in [1.807, 2.05) is 12.1 Å². The van der Waals surface area contributed by atoms with E-state index in [0.717, 1.165) is 18.8 Å². The second-order valence-electron chi connectivity index (χ2n) is 4.24. The van der Waals surface area contributed by atoms with E-state index in [-0.39, 0.29) is 5.97 Å². The number of carbonyl (C=O) groups excluding carboxylic acids is 1. The van der Waals surface area contributed by atoms with Gasteiger partial charge in [-0.2, -0.15) is 0 Å². The molecule has 0 saturated carbocycles. The third kappa shape index (κ3) is 3.20. The molecular formula is C13H18N2O2. The largest absolute Gasteiger partial charge is 0.465 e. The predicted octanol–water partition coefficient (Wildman–Crippen LogP) is 1.64. The standard InChI is InChI=1S/C13H18N2O2/c1-17-13(16)10-4-6-11(7-5-10)15-9-12-3-2-8-14-12/h4-7,12,14-15H,2-3,8-9H2,1H3/t12-/m0/s1. The van der Waals surface area contributed by atoms with Gasteiger partial charge in [0.25, 0.3) is 0 Å². The first-order chi connectivity index (χ1) is 8.29. The normalized spacial score (nSPS) is 19.0. The van der Waals surface area contributed by atoms with Crippen molar-refractivity contribution in [2.45, 2.75) is 18.9 Å². The number of hydrogen-bond donors (Lipinski definition) is 2. The van der Waals surface area contributed by atoms with Crippen LogP contribution in [0.25, 0.3) is 0 Å².